The van der Waals surface area contributed by atoms with Crippen LogP contribution in [0.15, 0.2) is 0 Å². The quantitative estimate of drug-likeness (QED) is 0.766. The number of rotatable bonds is 2. The average molecular weight is 291 g/mol. The summed E-state index contributed by atoms with van der Waals surface area (Å²) >= 11 is 0. The van der Waals surface area contributed by atoms with Gasteiger partial charge >= 0.3 is 0 Å². The Morgan fingerprint density at radius 1 is 1.10 bits per heavy atom. The second-order valence-electron chi connectivity index (χ2n) is 8.94. The Labute approximate surface area is 128 Å². The van der Waals surface area contributed by atoms with E-state index in [4.69, 9.17) is 0 Å². The van der Waals surface area contributed by atoms with Crippen molar-refractivity contribution < 1.29 is 4.79 Å². The molecule has 0 aromatic rings. The minimum atomic E-state index is 0.203. The first-order valence-corrected chi connectivity index (χ1v) is 8.59. The van der Waals surface area contributed by atoms with Gasteiger partial charge < -0.3 is 4.90 Å². The largest absolute Gasteiger partial charge is 0.340 e. The zero-order valence-electron chi connectivity index (χ0n) is 13.9. The molecule has 0 aromatic carbocycles. The number of piperazine rings is 1. The van der Waals surface area contributed by atoms with Crippen molar-refractivity contribution in [3.63, 3.8) is 0 Å². The van der Waals surface area contributed by atoms with E-state index < -0.39 is 0 Å². The Balaban J connectivity index is 1.40. The van der Waals surface area contributed by atoms with Gasteiger partial charge in [0.25, 0.3) is 0 Å². The molecule has 2 saturated carbocycles. The average Bonchev–Trinajstić information content (AvgIpc) is 3.23. The molecule has 0 N–H and O–H groups in total. The zero-order chi connectivity index (χ0) is 14.9. The number of hydrogen-bond donors (Lipinski definition) is 0. The molecule has 4 nitrogen and oxygen atoms in total. The summed E-state index contributed by atoms with van der Waals surface area (Å²) in [5, 5.41) is 0. The van der Waals surface area contributed by atoms with Crippen molar-refractivity contribution in [2.45, 2.75) is 51.7 Å². The lowest BCUT2D eigenvalue weighted by Gasteiger charge is -2.42. The van der Waals surface area contributed by atoms with Gasteiger partial charge in [-0.25, -0.2) is 0 Å². The number of nitrogens with zero attached hydrogens (tertiary/aromatic N) is 3. The summed E-state index contributed by atoms with van der Waals surface area (Å²) in [7, 11) is 2.30. The Hall–Kier alpha value is -0.610. The smallest absolute Gasteiger partial charge is 0.236 e. The van der Waals surface area contributed by atoms with Crippen LogP contribution in [0.2, 0.25) is 0 Å². The zero-order valence-corrected chi connectivity index (χ0v) is 13.9. The van der Waals surface area contributed by atoms with Gasteiger partial charge in [0.2, 0.25) is 5.91 Å². The third-order valence-corrected chi connectivity index (χ3v) is 5.97. The molecule has 2 aliphatic carbocycles. The maximum atomic E-state index is 12.5. The highest BCUT2D eigenvalue weighted by Gasteiger charge is 2.64. The summed E-state index contributed by atoms with van der Waals surface area (Å²) in [5.74, 6) is 2.05. The molecule has 4 aliphatic rings. The summed E-state index contributed by atoms with van der Waals surface area (Å²) in [5.41, 5.74) is 0.203. The summed E-state index contributed by atoms with van der Waals surface area (Å²) in [6.45, 7) is 10.2. The third-order valence-electron chi connectivity index (χ3n) is 5.97. The van der Waals surface area contributed by atoms with E-state index in [-0.39, 0.29) is 5.41 Å². The van der Waals surface area contributed by atoms with E-state index in [1.165, 1.54) is 12.8 Å². The van der Waals surface area contributed by atoms with E-state index in [2.05, 4.69) is 42.5 Å². The van der Waals surface area contributed by atoms with Crippen molar-refractivity contribution in [3.8, 4) is 0 Å². The Bertz CT molecular complexity index is 439. The summed E-state index contributed by atoms with van der Waals surface area (Å²) in [6, 6.07) is 2.35. The lowest BCUT2D eigenvalue weighted by molar-refractivity contribution is -0.139. The van der Waals surface area contributed by atoms with E-state index in [1.807, 2.05) is 0 Å². The molecule has 4 rings (SSSR count). The van der Waals surface area contributed by atoms with Crippen LogP contribution in [0.1, 0.15) is 33.6 Å². The minimum absolute atomic E-state index is 0.203. The third kappa shape index (κ3) is 2.40. The Kier molecular flexibility index (Phi) is 2.97. The highest BCUT2D eigenvalue weighted by Crippen LogP contribution is 2.57. The molecule has 1 amide bonds. The number of carbonyl (C=O) groups excluding carboxylic acids is 1. The van der Waals surface area contributed by atoms with Crippen LogP contribution in [-0.2, 0) is 4.79 Å². The standard InChI is InChI=1S/C17H29N3O/c1-17(2,3)10-20-6-5-19(9-15(20)21)16-11-7-13(11)18(4)14-8-12(14)16/h11-14,16H,5-10H2,1-4H3. The fraction of sp³-hybridized carbons (Fsp3) is 0.941. The predicted octanol–water partition coefficient (Wildman–Crippen LogP) is 1.27. The van der Waals surface area contributed by atoms with Crippen LogP contribution in [0, 0.1) is 17.3 Å². The van der Waals surface area contributed by atoms with Crippen molar-refractivity contribution in [1.82, 2.24) is 14.7 Å². The van der Waals surface area contributed by atoms with E-state index in [1.54, 1.807) is 0 Å². The lowest BCUT2D eigenvalue weighted by atomic mass is 9.95. The topological polar surface area (TPSA) is 26.8 Å². The minimum Gasteiger partial charge on any atom is -0.340 e. The summed E-state index contributed by atoms with van der Waals surface area (Å²) in [6.07, 6.45) is 2.73. The maximum Gasteiger partial charge on any atom is 0.236 e. The molecule has 4 fully saturated rings. The van der Waals surface area contributed by atoms with Crippen molar-refractivity contribution in [2.24, 2.45) is 17.3 Å². The Morgan fingerprint density at radius 3 is 2.24 bits per heavy atom. The molecular formula is C17H29N3O. The van der Waals surface area contributed by atoms with Crippen molar-refractivity contribution in [2.75, 3.05) is 33.2 Å². The first-order valence-electron chi connectivity index (χ1n) is 8.59. The van der Waals surface area contributed by atoms with Crippen LogP contribution in [-0.4, -0.2) is 72.0 Å². The number of likely N-dealkylation sites (tertiary alicyclic amines) is 1. The van der Waals surface area contributed by atoms with E-state index in [0.29, 0.717) is 18.5 Å². The molecule has 4 unspecified atom stereocenters. The van der Waals surface area contributed by atoms with Gasteiger partial charge in [-0.2, -0.15) is 0 Å². The van der Waals surface area contributed by atoms with Gasteiger partial charge in [0.1, 0.15) is 0 Å². The molecule has 2 aliphatic heterocycles. The van der Waals surface area contributed by atoms with E-state index in [0.717, 1.165) is 43.6 Å². The van der Waals surface area contributed by atoms with Crippen molar-refractivity contribution >= 4 is 5.91 Å². The van der Waals surface area contributed by atoms with Gasteiger partial charge in [-0.15, -0.1) is 0 Å². The van der Waals surface area contributed by atoms with Gasteiger partial charge in [0.15, 0.2) is 0 Å². The first-order chi connectivity index (χ1) is 9.85. The fourth-order valence-electron chi connectivity index (χ4n) is 4.90. The van der Waals surface area contributed by atoms with Crippen LogP contribution in [0.4, 0.5) is 0 Å². The molecule has 0 aromatic heterocycles. The molecule has 0 spiro atoms. The number of amides is 1. The number of fused-ring (bicyclic) bond motifs is 2. The molecule has 2 saturated heterocycles. The van der Waals surface area contributed by atoms with Crippen molar-refractivity contribution in [3.05, 3.63) is 0 Å². The SMILES string of the molecule is CN1C2CC2C(N2CCN(CC(C)(C)C)C(=O)C2)C2CC21. The molecule has 118 valence electrons. The summed E-state index contributed by atoms with van der Waals surface area (Å²) in [4.78, 5) is 19.7. The number of piperidine rings is 1. The molecule has 2 heterocycles. The normalized spacial score (nSPS) is 43.5. The number of hydrogen-bond acceptors (Lipinski definition) is 3. The van der Waals surface area contributed by atoms with Crippen LogP contribution in [0.25, 0.3) is 0 Å². The van der Waals surface area contributed by atoms with Crippen molar-refractivity contribution in [1.29, 1.82) is 0 Å². The second-order valence-corrected chi connectivity index (χ2v) is 8.94. The second kappa shape index (κ2) is 4.45. The summed E-state index contributed by atoms with van der Waals surface area (Å²) < 4.78 is 0. The van der Waals surface area contributed by atoms with Gasteiger partial charge in [-0.1, -0.05) is 20.8 Å². The fourth-order valence-corrected chi connectivity index (χ4v) is 4.90. The van der Waals surface area contributed by atoms with Crippen LogP contribution in [0.3, 0.4) is 0 Å². The molecule has 0 radical (unpaired) electrons. The highest BCUT2D eigenvalue weighted by atomic mass is 16.2. The molecule has 0 bridgehead atoms. The van der Waals surface area contributed by atoms with Gasteiger partial charge in [-0.05, 0) is 37.1 Å². The van der Waals surface area contributed by atoms with Gasteiger partial charge in [-0.3, -0.25) is 14.6 Å². The number of carbonyl (C=O) groups is 1. The van der Waals surface area contributed by atoms with Crippen LogP contribution >= 0.6 is 0 Å². The highest BCUT2D eigenvalue weighted by molar-refractivity contribution is 5.79. The van der Waals surface area contributed by atoms with Crippen LogP contribution < -0.4 is 0 Å². The first kappa shape index (κ1) is 14.0. The monoisotopic (exact) mass is 291 g/mol. The van der Waals surface area contributed by atoms with E-state index in [9.17, 15) is 4.79 Å². The molecular weight excluding hydrogens is 262 g/mol. The lowest BCUT2D eigenvalue weighted by Crippen LogP contribution is -2.57. The molecule has 4 atom stereocenters. The maximum absolute atomic E-state index is 12.5. The predicted molar refractivity (Wildman–Crippen MR) is 82.9 cm³/mol. The van der Waals surface area contributed by atoms with E-state index >= 15 is 0 Å². The Morgan fingerprint density at radius 2 is 1.71 bits per heavy atom. The van der Waals surface area contributed by atoms with Crippen LogP contribution in [0.5, 0.6) is 0 Å². The van der Waals surface area contributed by atoms with Gasteiger partial charge in [0, 0.05) is 37.8 Å². The van der Waals surface area contributed by atoms with Gasteiger partial charge in [0.05, 0.1) is 6.54 Å². The molecule has 4 heteroatoms. The molecule has 21 heavy (non-hydrogen) atoms.